The van der Waals surface area contributed by atoms with Crippen LogP contribution in [0.1, 0.15) is 155 Å². The monoisotopic (exact) mass is 798 g/mol. The van der Waals surface area contributed by atoms with Crippen LogP contribution >= 0.6 is 7.82 Å². The number of ketones is 1. The first-order valence-electron chi connectivity index (χ1n) is 21.3. The van der Waals surface area contributed by atoms with Crippen LogP contribution in [-0.2, 0) is 32.7 Å². The molecule has 318 valence electrons. The molecule has 0 saturated heterocycles. The van der Waals surface area contributed by atoms with Crippen LogP contribution in [0.15, 0.2) is 48.8 Å². The molecule has 0 aromatic carbocycles. The van der Waals surface area contributed by atoms with Crippen molar-refractivity contribution in [2.75, 3.05) is 26.4 Å². The molecule has 1 aliphatic rings. The normalized spacial score (nSPS) is 20.0. The highest BCUT2D eigenvalue weighted by atomic mass is 31.2. The van der Waals surface area contributed by atoms with Crippen LogP contribution < -0.4 is 5.73 Å². The van der Waals surface area contributed by atoms with Crippen LogP contribution in [0.5, 0.6) is 0 Å². The summed E-state index contributed by atoms with van der Waals surface area (Å²) in [6.07, 6.45) is 34.4. The van der Waals surface area contributed by atoms with E-state index in [0.717, 1.165) is 38.5 Å². The molecule has 11 nitrogen and oxygen atoms in total. The molecule has 6 atom stereocenters. The minimum atomic E-state index is -4.37. The number of allylic oxidation sites excluding steroid dienone is 6. The van der Waals surface area contributed by atoms with E-state index in [9.17, 15) is 29.3 Å². The Bertz CT molecular complexity index is 1140. The summed E-state index contributed by atoms with van der Waals surface area (Å²) in [6.45, 7) is 3.79. The van der Waals surface area contributed by atoms with Gasteiger partial charge in [0.15, 0.2) is 6.10 Å². The van der Waals surface area contributed by atoms with E-state index in [1.54, 1.807) is 18.4 Å². The fourth-order valence-electron chi connectivity index (χ4n) is 6.41. The molecule has 0 aromatic rings. The van der Waals surface area contributed by atoms with Gasteiger partial charge in [-0.3, -0.25) is 18.6 Å². The summed E-state index contributed by atoms with van der Waals surface area (Å²) in [5.74, 6) is -1.20. The van der Waals surface area contributed by atoms with E-state index in [0.29, 0.717) is 25.7 Å². The van der Waals surface area contributed by atoms with E-state index in [1.165, 1.54) is 64.2 Å². The Morgan fingerprint density at radius 1 is 0.836 bits per heavy atom. The molecule has 1 aliphatic carbocycles. The summed E-state index contributed by atoms with van der Waals surface area (Å²) in [5, 5.41) is 20.7. The third-order valence-corrected chi connectivity index (χ3v) is 10.6. The highest BCUT2D eigenvalue weighted by molar-refractivity contribution is 7.47. The van der Waals surface area contributed by atoms with Crippen LogP contribution in [0, 0.1) is 11.8 Å². The number of nitrogens with two attached hydrogens (primary N) is 1. The maximum atomic E-state index is 12.7. The number of carbonyl (C=O) groups is 2. The fraction of sp³-hybridized carbons (Fsp3) is 0.767. The molecule has 0 radical (unpaired) electrons. The highest BCUT2D eigenvalue weighted by Gasteiger charge is 2.39. The van der Waals surface area contributed by atoms with Crippen LogP contribution in [0.2, 0.25) is 0 Å². The van der Waals surface area contributed by atoms with Crippen LogP contribution in [0.25, 0.3) is 0 Å². The lowest BCUT2D eigenvalue weighted by molar-refractivity contribution is -0.153. The summed E-state index contributed by atoms with van der Waals surface area (Å²) >= 11 is 0. The van der Waals surface area contributed by atoms with Crippen molar-refractivity contribution in [3.05, 3.63) is 48.8 Å². The molecular weight excluding hydrogens is 721 g/mol. The van der Waals surface area contributed by atoms with E-state index in [-0.39, 0.29) is 50.9 Å². The lowest BCUT2D eigenvalue weighted by atomic mass is 9.90. The Balaban J connectivity index is 2.40. The van der Waals surface area contributed by atoms with Gasteiger partial charge in [0.2, 0.25) is 0 Å². The Kier molecular flexibility index (Phi) is 31.4. The van der Waals surface area contributed by atoms with Gasteiger partial charge in [-0.1, -0.05) is 115 Å². The zero-order valence-electron chi connectivity index (χ0n) is 34.1. The van der Waals surface area contributed by atoms with Crippen molar-refractivity contribution in [3.8, 4) is 0 Å². The molecule has 1 rings (SSSR count). The molecular formula is C43H76NO10P. The number of hydrogen-bond donors (Lipinski definition) is 4. The van der Waals surface area contributed by atoms with Crippen molar-refractivity contribution in [1.29, 1.82) is 0 Å². The number of esters is 1. The van der Waals surface area contributed by atoms with Crippen molar-refractivity contribution in [3.63, 3.8) is 0 Å². The number of Topliss-reactive ketones (excluding diaryl/α,β-unsaturated/α-hetero) is 1. The van der Waals surface area contributed by atoms with Gasteiger partial charge < -0.3 is 30.3 Å². The summed E-state index contributed by atoms with van der Waals surface area (Å²) in [4.78, 5) is 35.1. The SMILES string of the molecule is CCCCCC/C=C\CCCCCCCC/C=C/OC[C@H](COP(=O)(O)OCCN)OC(=O)CCC/C=C\C[C@H]1[C@@H](O)CC(=O)[C@@H]1/C=C/[C@@H](O)CCCCC. The molecule has 0 amide bonds. The number of aliphatic hydroxyl groups is 2. The molecule has 0 heterocycles. The predicted octanol–water partition coefficient (Wildman–Crippen LogP) is 9.35. The molecule has 12 heteroatoms. The Labute approximate surface area is 332 Å². The molecule has 1 fully saturated rings. The van der Waals surface area contributed by atoms with E-state index < -0.39 is 38.0 Å². The van der Waals surface area contributed by atoms with Crippen LogP contribution in [-0.4, -0.2) is 71.5 Å². The number of phosphoric ester groups is 1. The van der Waals surface area contributed by atoms with Crippen molar-refractivity contribution in [2.24, 2.45) is 17.6 Å². The van der Waals surface area contributed by atoms with Gasteiger partial charge in [0.25, 0.3) is 0 Å². The van der Waals surface area contributed by atoms with Crippen LogP contribution in [0.3, 0.4) is 0 Å². The van der Waals surface area contributed by atoms with E-state index in [4.69, 9.17) is 24.3 Å². The molecule has 0 aliphatic heterocycles. The topological polar surface area (TPSA) is 175 Å². The van der Waals surface area contributed by atoms with Crippen molar-refractivity contribution in [1.82, 2.24) is 0 Å². The smallest absolute Gasteiger partial charge is 0.472 e. The quantitative estimate of drug-likeness (QED) is 0.0156. The van der Waals surface area contributed by atoms with Gasteiger partial charge in [0.05, 0.1) is 31.7 Å². The van der Waals surface area contributed by atoms with E-state index in [2.05, 4.69) is 26.0 Å². The second-order valence-electron chi connectivity index (χ2n) is 14.7. The number of hydrogen-bond acceptors (Lipinski definition) is 10. The second kappa shape index (κ2) is 34.0. The van der Waals surface area contributed by atoms with Gasteiger partial charge in [-0.25, -0.2) is 4.57 Å². The number of rotatable bonds is 36. The van der Waals surface area contributed by atoms with Crippen molar-refractivity contribution < 1.29 is 47.8 Å². The van der Waals surface area contributed by atoms with Crippen LogP contribution in [0.4, 0.5) is 0 Å². The van der Waals surface area contributed by atoms with Gasteiger partial charge >= 0.3 is 13.8 Å². The first-order chi connectivity index (χ1) is 26.6. The first-order valence-corrected chi connectivity index (χ1v) is 22.8. The average Bonchev–Trinajstić information content (AvgIpc) is 3.43. The van der Waals surface area contributed by atoms with Gasteiger partial charge in [-0.2, -0.15) is 0 Å². The van der Waals surface area contributed by atoms with Crippen molar-refractivity contribution >= 4 is 19.6 Å². The molecule has 5 N–H and O–H groups in total. The van der Waals surface area contributed by atoms with Gasteiger partial charge in [-0.05, 0) is 70.3 Å². The summed E-state index contributed by atoms with van der Waals surface area (Å²) in [7, 11) is -4.37. The third kappa shape index (κ3) is 28.0. The van der Waals surface area contributed by atoms with Gasteiger partial charge in [0, 0.05) is 31.2 Å². The predicted molar refractivity (Wildman–Crippen MR) is 220 cm³/mol. The molecule has 1 unspecified atom stereocenters. The molecule has 55 heavy (non-hydrogen) atoms. The number of aliphatic hydroxyl groups excluding tert-OH is 2. The molecule has 1 saturated carbocycles. The highest BCUT2D eigenvalue weighted by Crippen LogP contribution is 2.43. The maximum absolute atomic E-state index is 12.7. The largest absolute Gasteiger partial charge is 0.498 e. The lowest BCUT2D eigenvalue weighted by Gasteiger charge is -2.19. The Morgan fingerprint density at radius 2 is 1.44 bits per heavy atom. The minimum Gasteiger partial charge on any atom is -0.498 e. The van der Waals surface area contributed by atoms with E-state index in [1.807, 2.05) is 18.2 Å². The fourth-order valence-corrected chi connectivity index (χ4v) is 7.17. The first kappa shape index (κ1) is 50.9. The number of unbranched alkanes of at least 4 members (excludes halogenated alkanes) is 14. The number of phosphoric acid groups is 1. The zero-order valence-corrected chi connectivity index (χ0v) is 35.0. The molecule has 0 spiro atoms. The number of carbonyl (C=O) groups excluding carboxylic acids is 2. The van der Waals surface area contributed by atoms with Crippen molar-refractivity contribution in [2.45, 2.75) is 173 Å². The minimum absolute atomic E-state index is 0.0180. The molecule has 0 bridgehead atoms. The number of ether oxygens (including phenoxy) is 2. The summed E-state index contributed by atoms with van der Waals surface area (Å²) < 4.78 is 33.1. The maximum Gasteiger partial charge on any atom is 0.472 e. The Hall–Kier alpha value is -2.11. The standard InChI is InChI=1S/C43H76NO10P/c1-3-5-7-8-9-10-11-12-13-14-15-16-17-18-21-25-32-51-35-38(36-53-55(49,50)52-33-31-44)54-43(48)28-24-20-19-23-27-39-40(42(47)34-41(39)46)30-29-37(45)26-22-6-4-2/h10-11,19,23,25,29-30,32,37-41,45-46H,3-9,12-18,20-22,24,26-28,31,33-36,44H2,1-2H3,(H,49,50)/b11-10-,23-19-,30-29+,32-25+/t37-,38+,39+,40+,41-/m0/s1. The van der Waals surface area contributed by atoms with E-state index >= 15 is 0 Å². The summed E-state index contributed by atoms with van der Waals surface area (Å²) in [5.41, 5.74) is 5.35. The lowest BCUT2D eigenvalue weighted by Crippen LogP contribution is -2.27. The van der Waals surface area contributed by atoms with Gasteiger partial charge in [0.1, 0.15) is 12.4 Å². The zero-order chi connectivity index (χ0) is 40.4. The second-order valence-corrected chi connectivity index (χ2v) is 16.2. The third-order valence-electron chi connectivity index (χ3n) is 9.66. The van der Waals surface area contributed by atoms with Gasteiger partial charge in [-0.15, -0.1) is 0 Å². The average molecular weight is 798 g/mol. The summed E-state index contributed by atoms with van der Waals surface area (Å²) in [6, 6.07) is 0. The molecule has 0 aromatic heterocycles. The Morgan fingerprint density at radius 3 is 2.11 bits per heavy atom.